The molecule has 4 rings (SSSR count). The normalized spacial score (nSPS) is 18.7. The highest BCUT2D eigenvalue weighted by molar-refractivity contribution is 7.99. The van der Waals surface area contributed by atoms with Crippen LogP contribution in [0, 0.1) is 5.92 Å². The van der Waals surface area contributed by atoms with Gasteiger partial charge in [-0.05, 0) is 12.8 Å². The summed E-state index contributed by atoms with van der Waals surface area (Å²) in [5, 5.41) is 7.44. The van der Waals surface area contributed by atoms with E-state index in [-0.39, 0.29) is 11.8 Å². The Morgan fingerprint density at radius 3 is 2.77 bits per heavy atom. The van der Waals surface area contributed by atoms with Crippen LogP contribution in [-0.4, -0.2) is 50.3 Å². The van der Waals surface area contributed by atoms with Crippen molar-refractivity contribution in [2.45, 2.75) is 32.1 Å². The molecule has 0 aromatic carbocycles. The van der Waals surface area contributed by atoms with E-state index in [2.05, 4.69) is 25.3 Å². The maximum atomic E-state index is 12.4. The van der Waals surface area contributed by atoms with E-state index in [1.54, 1.807) is 17.2 Å². The van der Waals surface area contributed by atoms with Crippen molar-refractivity contribution in [3.63, 3.8) is 0 Å². The SMILES string of the molecule is O=C(Nc1cnn(-c2ncncc2N2CCSCC2)c1)C1CCCCC1. The van der Waals surface area contributed by atoms with Crippen LogP contribution < -0.4 is 10.2 Å². The zero-order valence-electron chi connectivity index (χ0n) is 14.8. The number of carbonyl (C=O) groups is 1. The Balaban J connectivity index is 1.50. The third-order valence-corrected chi connectivity index (χ3v) is 6.01. The average molecular weight is 372 g/mol. The summed E-state index contributed by atoms with van der Waals surface area (Å²) in [6.45, 7) is 1.97. The molecule has 1 aliphatic heterocycles. The van der Waals surface area contributed by atoms with Crippen LogP contribution in [0.5, 0.6) is 0 Å². The molecular formula is C18H24N6OS. The molecule has 0 atom stereocenters. The highest BCUT2D eigenvalue weighted by Gasteiger charge is 2.22. The van der Waals surface area contributed by atoms with Gasteiger partial charge in [0.05, 0.1) is 24.3 Å². The zero-order valence-corrected chi connectivity index (χ0v) is 15.6. The van der Waals surface area contributed by atoms with Crippen LogP contribution in [-0.2, 0) is 4.79 Å². The Labute approximate surface area is 157 Å². The number of nitrogens with zero attached hydrogens (tertiary/aromatic N) is 5. The lowest BCUT2D eigenvalue weighted by molar-refractivity contribution is -0.120. The first kappa shape index (κ1) is 17.3. The number of hydrogen-bond donors (Lipinski definition) is 1. The third kappa shape index (κ3) is 3.85. The standard InChI is InChI=1S/C18H24N6OS/c25-18(14-4-2-1-3-5-14)22-15-10-21-24(12-15)17-16(11-19-13-20-17)23-6-8-26-9-7-23/h10-14H,1-9H2,(H,22,25). The van der Waals surface area contributed by atoms with Crippen LogP contribution >= 0.6 is 11.8 Å². The summed E-state index contributed by atoms with van der Waals surface area (Å²) in [7, 11) is 0. The number of aromatic nitrogens is 4. The molecular weight excluding hydrogens is 348 g/mol. The molecule has 2 aromatic heterocycles. The minimum Gasteiger partial charge on any atom is -0.366 e. The van der Waals surface area contributed by atoms with E-state index >= 15 is 0 Å². The molecule has 1 saturated heterocycles. The molecule has 1 aliphatic carbocycles. The summed E-state index contributed by atoms with van der Waals surface area (Å²) < 4.78 is 1.73. The van der Waals surface area contributed by atoms with Crippen LogP contribution in [0.1, 0.15) is 32.1 Å². The van der Waals surface area contributed by atoms with Gasteiger partial charge in [-0.25, -0.2) is 14.6 Å². The molecule has 2 aliphatic rings. The topological polar surface area (TPSA) is 75.9 Å². The molecule has 138 valence electrons. The Bertz CT molecular complexity index is 752. The lowest BCUT2D eigenvalue weighted by atomic mass is 9.89. The van der Waals surface area contributed by atoms with Gasteiger partial charge in [0.25, 0.3) is 0 Å². The maximum absolute atomic E-state index is 12.4. The van der Waals surface area contributed by atoms with Gasteiger partial charge in [0, 0.05) is 30.5 Å². The number of carbonyl (C=O) groups excluding carboxylic acids is 1. The van der Waals surface area contributed by atoms with Crippen molar-refractivity contribution in [3.8, 4) is 5.82 Å². The van der Waals surface area contributed by atoms with Gasteiger partial charge < -0.3 is 10.2 Å². The van der Waals surface area contributed by atoms with E-state index in [0.717, 1.165) is 67.5 Å². The second-order valence-corrected chi connectivity index (χ2v) is 8.05. The number of nitrogens with one attached hydrogen (secondary N) is 1. The Hall–Kier alpha value is -2.09. The molecule has 0 radical (unpaired) electrons. The molecule has 2 aromatic rings. The number of rotatable bonds is 4. The van der Waals surface area contributed by atoms with Crippen molar-refractivity contribution in [2.24, 2.45) is 5.92 Å². The lowest BCUT2D eigenvalue weighted by Crippen LogP contribution is -2.33. The first-order valence-electron chi connectivity index (χ1n) is 9.30. The molecule has 0 bridgehead atoms. The Kier molecular flexibility index (Phi) is 5.38. The van der Waals surface area contributed by atoms with E-state index in [1.165, 1.54) is 6.42 Å². The smallest absolute Gasteiger partial charge is 0.227 e. The molecule has 0 unspecified atom stereocenters. The van der Waals surface area contributed by atoms with Crippen molar-refractivity contribution in [3.05, 3.63) is 24.9 Å². The summed E-state index contributed by atoms with van der Waals surface area (Å²) in [6.07, 6.45) is 12.4. The number of amides is 1. The van der Waals surface area contributed by atoms with Gasteiger partial charge in [-0.15, -0.1) is 0 Å². The first-order chi connectivity index (χ1) is 12.8. The second-order valence-electron chi connectivity index (χ2n) is 6.83. The third-order valence-electron chi connectivity index (χ3n) is 5.07. The molecule has 3 heterocycles. The fraction of sp³-hybridized carbons (Fsp3) is 0.556. The quantitative estimate of drug-likeness (QED) is 0.889. The van der Waals surface area contributed by atoms with Gasteiger partial charge in [-0.2, -0.15) is 16.9 Å². The average Bonchev–Trinajstić information content (AvgIpc) is 3.17. The van der Waals surface area contributed by atoms with E-state index < -0.39 is 0 Å². The van der Waals surface area contributed by atoms with Crippen LogP contribution in [0.25, 0.3) is 5.82 Å². The molecule has 8 heteroatoms. The predicted octanol–water partition coefficient (Wildman–Crippen LogP) is 2.73. The van der Waals surface area contributed by atoms with Crippen LogP contribution in [0.2, 0.25) is 0 Å². The first-order valence-corrected chi connectivity index (χ1v) is 10.5. The number of anilines is 2. The monoisotopic (exact) mass is 372 g/mol. The highest BCUT2D eigenvalue weighted by Crippen LogP contribution is 2.26. The Morgan fingerprint density at radius 1 is 1.15 bits per heavy atom. The van der Waals surface area contributed by atoms with Crippen LogP contribution in [0.3, 0.4) is 0 Å². The minimum atomic E-state index is 0.111. The molecule has 1 N–H and O–H groups in total. The van der Waals surface area contributed by atoms with Crippen molar-refractivity contribution >= 4 is 29.0 Å². The second kappa shape index (κ2) is 8.07. The molecule has 1 saturated carbocycles. The molecule has 7 nitrogen and oxygen atoms in total. The van der Waals surface area contributed by atoms with Gasteiger partial charge in [0.2, 0.25) is 5.91 Å². The maximum Gasteiger partial charge on any atom is 0.227 e. The fourth-order valence-electron chi connectivity index (χ4n) is 3.63. The summed E-state index contributed by atoms with van der Waals surface area (Å²) in [5.41, 5.74) is 1.71. The zero-order chi connectivity index (χ0) is 17.8. The van der Waals surface area contributed by atoms with Crippen molar-refractivity contribution in [1.29, 1.82) is 0 Å². The number of hydrogen-bond acceptors (Lipinski definition) is 6. The van der Waals surface area contributed by atoms with Crippen molar-refractivity contribution < 1.29 is 4.79 Å². The van der Waals surface area contributed by atoms with Gasteiger partial charge in [-0.3, -0.25) is 4.79 Å². The van der Waals surface area contributed by atoms with Crippen LogP contribution in [0.4, 0.5) is 11.4 Å². The largest absolute Gasteiger partial charge is 0.366 e. The summed E-state index contributed by atoms with van der Waals surface area (Å²) in [5.74, 6) is 3.21. The van der Waals surface area contributed by atoms with E-state index in [9.17, 15) is 4.79 Å². The van der Waals surface area contributed by atoms with Gasteiger partial charge >= 0.3 is 0 Å². The summed E-state index contributed by atoms with van der Waals surface area (Å²) in [4.78, 5) is 23.4. The predicted molar refractivity (Wildman–Crippen MR) is 104 cm³/mol. The van der Waals surface area contributed by atoms with Crippen LogP contribution in [0.15, 0.2) is 24.9 Å². The van der Waals surface area contributed by atoms with E-state index in [0.29, 0.717) is 0 Å². The van der Waals surface area contributed by atoms with E-state index in [4.69, 9.17) is 0 Å². The summed E-state index contributed by atoms with van der Waals surface area (Å²) >= 11 is 1.97. The van der Waals surface area contributed by atoms with Crippen molar-refractivity contribution in [2.75, 3.05) is 34.8 Å². The van der Waals surface area contributed by atoms with Gasteiger partial charge in [0.1, 0.15) is 12.0 Å². The fourth-order valence-corrected chi connectivity index (χ4v) is 4.54. The summed E-state index contributed by atoms with van der Waals surface area (Å²) in [6, 6.07) is 0. The Morgan fingerprint density at radius 2 is 1.96 bits per heavy atom. The molecule has 1 amide bonds. The molecule has 0 spiro atoms. The van der Waals surface area contributed by atoms with Gasteiger partial charge in [0.15, 0.2) is 5.82 Å². The molecule has 26 heavy (non-hydrogen) atoms. The van der Waals surface area contributed by atoms with Gasteiger partial charge in [-0.1, -0.05) is 19.3 Å². The lowest BCUT2D eigenvalue weighted by Gasteiger charge is -2.29. The highest BCUT2D eigenvalue weighted by atomic mass is 32.2. The minimum absolute atomic E-state index is 0.111. The van der Waals surface area contributed by atoms with Crippen molar-refractivity contribution in [1.82, 2.24) is 19.7 Å². The molecule has 2 fully saturated rings. The van der Waals surface area contributed by atoms with E-state index in [1.807, 2.05) is 24.2 Å². The number of thioether (sulfide) groups is 1.